The van der Waals surface area contributed by atoms with Crippen molar-refractivity contribution in [3.05, 3.63) is 29.8 Å². The van der Waals surface area contributed by atoms with Gasteiger partial charge in [-0.05, 0) is 36.1 Å². The van der Waals surface area contributed by atoms with Gasteiger partial charge in [0.2, 0.25) is 0 Å². The summed E-state index contributed by atoms with van der Waals surface area (Å²) in [6, 6.07) is 5.68. The molecule has 1 aromatic carbocycles. The molecule has 116 valence electrons. The summed E-state index contributed by atoms with van der Waals surface area (Å²) in [5.74, 6) is -0.995. The Hall–Kier alpha value is -2.08. The summed E-state index contributed by atoms with van der Waals surface area (Å²) < 4.78 is 5.03. The highest BCUT2D eigenvalue weighted by molar-refractivity contribution is 5.91. The maximum Gasteiger partial charge on any atom is 0.335 e. The van der Waals surface area contributed by atoms with Crippen LogP contribution in [0.15, 0.2) is 24.3 Å². The summed E-state index contributed by atoms with van der Waals surface area (Å²) in [6.07, 6.45) is 0.844. The van der Waals surface area contributed by atoms with Crippen LogP contribution in [-0.4, -0.2) is 37.4 Å². The van der Waals surface area contributed by atoms with Crippen LogP contribution in [0.4, 0.5) is 10.5 Å². The van der Waals surface area contributed by atoms with Crippen LogP contribution in [0.3, 0.4) is 0 Å². The lowest BCUT2D eigenvalue weighted by Crippen LogP contribution is -2.37. The van der Waals surface area contributed by atoms with Gasteiger partial charge < -0.3 is 20.5 Å². The van der Waals surface area contributed by atoms with Crippen LogP contribution in [0.25, 0.3) is 0 Å². The third kappa shape index (κ3) is 6.27. The molecule has 21 heavy (non-hydrogen) atoms. The summed E-state index contributed by atoms with van der Waals surface area (Å²) in [7, 11) is 1.65. The van der Waals surface area contributed by atoms with E-state index in [4.69, 9.17) is 9.84 Å². The van der Waals surface area contributed by atoms with Crippen molar-refractivity contribution in [2.45, 2.75) is 20.3 Å². The van der Waals surface area contributed by atoms with Gasteiger partial charge in [-0.2, -0.15) is 0 Å². The van der Waals surface area contributed by atoms with E-state index in [0.29, 0.717) is 18.8 Å². The minimum atomic E-state index is -0.995. The Morgan fingerprint density at radius 3 is 2.38 bits per heavy atom. The van der Waals surface area contributed by atoms with Gasteiger partial charge in [-0.25, -0.2) is 9.59 Å². The summed E-state index contributed by atoms with van der Waals surface area (Å²) in [6.45, 7) is 5.27. The molecule has 0 radical (unpaired) electrons. The predicted molar refractivity (Wildman–Crippen MR) is 80.7 cm³/mol. The van der Waals surface area contributed by atoms with Crippen molar-refractivity contribution in [1.29, 1.82) is 0 Å². The van der Waals surface area contributed by atoms with Crippen molar-refractivity contribution in [3.8, 4) is 0 Å². The molecule has 1 aromatic rings. The zero-order chi connectivity index (χ0) is 15.9. The van der Waals surface area contributed by atoms with Crippen LogP contribution < -0.4 is 10.6 Å². The lowest BCUT2D eigenvalue weighted by atomic mass is 9.90. The average molecular weight is 294 g/mol. The smallest absolute Gasteiger partial charge is 0.335 e. The minimum absolute atomic E-state index is 0.0550. The van der Waals surface area contributed by atoms with Crippen LogP contribution in [0.2, 0.25) is 0 Å². The number of carboxylic acid groups (broad SMARTS) is 1. The first-order valence-electron chi connectivity index (χ1n) is 6.71. The zero-order valence-electron chi connectivity index (χ0n) is 12.6. The van der Waals surface area contributed by atoms with Gasteiger partial charge in [0.1, 0.15) is 0 Å². The lowest BCUT2D eigenvalue weighted by molar-refractivity contribution is 0.0697. The van der Waals surface area contributed by atoms with Gasteiger partial charge >= 0.3 is 12.0 Å². The Bertz CT molecular complexity index is 483. The Balaban J connectivity index is 2.45. The first kappa shape index (κ1) is 17.0. The number of urea groups is 1. The van der Waals surface area contributed by atoms with Crippen molar-refractivity contribution in [3.63, 3.8) is 0 Å². The highest BCUT2D eigenvalue weighted by atomic mass is 16.5. The maximum absolute atomic E-state index is 11.8. The van der Waals surface area contributed by atoms with Crippen molar-refractivity contribution >= 4 is 17.7 Å². The number of ether oxygens (including phenoxy) is 1. The molecule has 1 rings (SSSR count). The summed E-state index contributed by atoms with van der Waals surface area (Å²) >= 11 is 0. The summed E-state index contributed by atoms with van der Waals surface area (Å²) in [4.78, 5) is 22.5. The SMILES string of the molecule is COCCC(C)(C)CNC(=O)Nc1ccc(C(=O)O)cc1. The van der Waals surface area contributed by atoms with Gasteiger partial charge in [0.15, 0.2) is 0 Å². The van der Waals surface area contributed by atoms with Crippen LogP contribution in [-0.2, 0) is 4.74 Å². The van der Waals surface area contributed by atoms with E-state index in [2.05, 4.69) is 10.6 Å². The second-order valence-electron chi connectivity index (χ2n) is 5.60. The second kappa shape index (κ2) is 7.64. The lowest BCUT2D eigenvalue weighted by Gasteiger charge is -2.24. The van der Waals surface area contributed by atoms with Crippen LogP contribution in [0.1, 0.15) is 30.6 Å². The number of rotatable bonds is 7. The molecule has 0 saturated carbocycles. The maximum atomic E-state index is 11.8. The van der Waals surface area contributed by atoms with Gasteiger partial charge in [-0.1, -0.05) is 13.8 Å². The molecule has 0 bridgehead atoms. The van der Waals surface area contributed by atoms with Crippen LogP contribution >= 0.6 is 0 Å². The topological polar surface area (TPSA) is 87.7 Å². The first-order chi connectivity index (χ1) is 9.84. The molecule has 0 unspecified atom stereocenters. The van der Waals surface area contributed by atoms with Crippen LogP contribution in [0.5, 0.6) is 0 Å². The van der Waals surface area contributed by atoms with Gasteiger partial charge in [0.25, 0.3) is 0 Å². The number of carbonyl (C=O) groups excluding carboxylic acids is 1. The first-order valence-corrected chi connectivity index (χ1v) is 6.71. The largest absolute Gasteiger partial charge is 0.478 e. The van der Waals surface area contributed by atoms with E-state index in [1.54, 1.807) is 19.2 Å². The van der Waals surface area contributed by atoms with Gasteiger partial charge in [0, 0.05) is 25.9 Å². The molecule has 0 aromatic heterocycles. The highest BCUT2D eigenvalue weighted by Gasteiger charge is 2.18. The number of amides is 2. The van der Waals surface area contributed by atoms with Crippen molar-refractivity contribution < 1.29 is 19.4 Å². The number of hydrogen-bond acceptors (Lipinski definition) is 3. The number of aromatic carboxylic acids is 1. The fourth-order valence-electron chi connectivity index (χ4n) is 1.66. The average Bonchev–Trinajstić information content (AvgIpc) is 2.44. The van der Waals surface area contributed by atoms with E-state index in [9.17, 15) is 9.59 Å². The normalized spacial score (nSPS) is 11.0. The van der Waals surface area contributed by atoms with E-state index >= 15 is 0 Å². The predicted octanol–water partition coefficient (Wildman–Crippen LogP) is 2.57. The molecule has 0 heterocycles. The zero-order valence-corrected chi connectivity index (χ0v) is 12.6. The monoisotopic (exact) mass is 294 g/mol. The molecule has 6 nitrogen and oxygen atoms in total. The van der Waals surface area contributed by atoms with Gasteiger partial charge in [-0.15, -0.1) is 0 Å². The van der Waals surface area contributed by atoms with Crippen LogP contribution in [0, 0.1) is 5.41 Å². The molecule has 0 atom stereocenters. The van der Waals surface area contributed by atoms with Crippen molar-refractivity contribution in [2.75, 3.05) is 25.6 Å². The molecule has 6 heteroatoms. The number of carbonyl (C=O) groups is 2. The van der Waals surface area contributed by atoms with Gasteiger partial charge in [-0.3, -0.25) is 0 Å². The van der Waals surface area contributed by atoms with Gasteiger partial charge in [0.05, 0.1) is 5.56 Å². The Morgan fingerprint density at radius 2 is 1.86 bits per heavy atom. The highest BCUT2D eigenvalue weighted by Crippen LogP contribution is 2.18. The quantitative estimate of drug-likeness (QED) is 0.721. The fourth-order valence-corrected chi connectivity index (χ4v) is 1.66. The third-order valence-electron chi connectivity index (χ3n) is 3.10. The number of nitrogens with one attached hydrogen (secondary N) is 2. The van der Waals surface area contributed by atoms with E-state index < -0.39 is 5.97 Å². The Labute approximate surface area is 124 Å². The van der Waals surface area contributed by atoms with Crippen molar-refractivity contribution in [1.82, 2.24) is 5.32 Å². The number of anilines is 1. The summed E-state index contributed by atoms with van der Waals surface area (Å²) in [5.41, 5.74) is 0.675. The van der Waals surface area contributed by atoms with Crippen molar-refractivity contribution in [2.24, 2.45) is 5.41 Å². The van der Waals surface area contributed by atoms with E-state index in [0.717, 1.165) is 6.42 Å². The molecular formula is C15H22N2O4. The molecular weight excluding hydrogens is 272 g/mol. The molecule has 0 aliphatic rings. The number of hydrogen-bond donors (Lipinski definition) is 3. The molecule has 2 amide bonds. The molecule has 0 aliphatic heterocycles. The fraction of sp³-hybridized carbons (Fsp3) is 0.467. The molecule has 0 aliphatic carbocycles. The third-order valence-corrected chi connectivity index (χ3v) is 3.10. The number of carboxylic acids is 1. The van der Waals surface area contributed by atoms with E-state index in [1.165, 1.54) is 12.1 Å². The Kier molecular flexibility index (Phi) is 6.17. The molecule has 3 N–H and O–H groups in total. The molecule has 0 saturated heterocycles. The van der Waals surface area contributed by atoms with E-state index in [1.807, 2.05) is 13.8 Å². The minimum Gasteiger partial charge on any atom is -0.478 e. The van der Waals surface area contributed by atoms with E-state index in [-0.39, 0.29) is 17.0 Å². The number of benzene rings is 1. The summed E-state index contributed by atoms with van der Waals surface area (Å²) in [5, 5.41) is 14.3. The standard InChI is InChI=1S/C15H22N2O4/c1-15(2,8-9-21-3)10-16-14(20)17-12-6-4-11(5-7-12)13(18)19/h4-7H,8-10H2,1-3H3,(H,18,19)(H2,16,17,20). The Morgan fingerprint density at radius 1 is 1.24 bits per heavy atom. The molecule has 0 fully saturated rings. The molecule has 0 spiro atoms. The second-order valence-corrected chi connectivity index (χ2v) is 5.60. The number of methoxy groups -OCH3 is 1.